The lowest BCUT2D eigenvalue weighted by atomic mass is 9.87. The van der Waals surface area contributed by atoms with E-state index in [0.717, 1.165) is 0 Å². The molecule has 1 amide bonds. The quantitative estimate of drug-likeness (QED) is 0.883. The molecule has 6 nitrogen and oxygen atoms in total. The van der Waals surface area contributed by atoms with Gasteiger partial charge in [0.05, 0.1) is 7.11 Å². The standard InChI is InChI=1S/C16H17NO5/c1-8-5-10(18)15-12(22-8)7-11(21-2)14(16(15)20)9-3-4-17-13(19)6-9/h5,7,9,20H,3-4,6H2,1-2H3,(H,17,19). The van der Waals surface area contributed by atoms with Gasteiger partial charge in [0.25, 0.3) is 0 Å². The number of hydrogen-bond acceptors (Lipinski definition) is 5. The Morgan fingerprint density at radius 1 is 1.36 bits per heavy atom. The number of nitrogens with one attached hydrogen (secondary N) is 1. The normalized spacial score (nSPS) is 18.3. The molecule has 1 aromatic carbocycles. The van der Waals surface area contributed by atoms with E-state index < -0.39 is 0 Å². The lowest BCUT2D eigenvalue weighted by Gasteiger charge is -2.25. The van der Waals surface area contributed by atoms with Crippen molar-refractivity contribution in [3.05, 3.63) is 33.7 Å². The molecule has 1 saturated heterocycles. The van der Waals surface area contributed by atoms with Crippen LogP contribution in [0.2, 0.25) is 0 Å². The number of aryl methyl sites for hydroxylation is 1. The summed E-state index contributed by atoms with van der Waals surface area (Å²) >= 11 is 0. The molecule has 2 N–H and O–H groups in total. The Kier molecular flexibility index (Phi) is 3.52. The number of amides is 1. The van der Waals surface area contributed by atoms with Gasteiger partial charge in [-0.15, -0.1) is 0 Å². The van der Waals surface area contributed by atoms with Crippen LogP contribution in [-0.2, 0) is 4.79 Å². The minimum atomic E-state index is -0.305. The fourth-order valence-electron chi connectivity index (χ4n) is 3.01. The maximum Gasteiger partial charge on any atom is 0.220 e. The van der Waals surface area contributed by atoms with Gasteiger partial charge in [0.1, 0.15) is 28.2 Å². The summed E-state index contributed by atoms with van der Waals surface area (Å²) in [4.78, 5) is 23.8. The molecule has 1 aliphatic rings. The van der Waals surface area contributed by atoms with Gasteiger partial charge in [-0.05, 0) is 13.3 Å². The molecule has 2 aromatic rings. The van der Waals surface area contributed by atoms with Crippen molar-refractivity contribution < 1.29 is 19.1 Å². The number of phenolic OH excluding ortho intramolecular Hbond substituents is 1. The summed E-state index contributed by atoms with van der Waals surface area (Å²) in [6.45, 7) is 2.20. The molecule has 0 radical (unpaired) electrons. The number of aromatic hydroxyl groups is 1. The summed E-state index contributed by atoms with van der Waals surface area (Å²) in [6.07, 6.45) is 0.935. The van der Waals surface area contributed by atoms with E-state index in [1.165, 1.54) is 13.2 Å². The fraction of sp³-hybridized carbons (Fsp3) is 0.375. The highest BCUT2D eigenvalue weighted by atomic mass is 16.5. The van der Waals surface area contributed by atoms with Crippen molar-refractivity contribution in [2.75, 3.05) is 13.7 Å². The molecule has 1 atom stereocenters. The molecule has 1 fully saturated rings. The fourth-order valence-corrected chi connectivity index (χ4v) is 3.01. The van der Waals surface area contributed by atoms with Gasteiger partial charge in [0.2, 0.25) is 5.91 Å². The van der Waals surface area contributed by atoms with Gasteiger partial charge in [-0.2, -0.15) is 0 Å². The smallest absolute Gasteiger partial charge is 0.220 e. The van der Waals surface area contributed by atoms with Crippen molar-refractivity contribution in [1.82, 2.24) is 5.32 Å². The lowest BCUT2D eigenvalue weighted by Crippen LogP contribution is -2.32. The number of methoxy groups -OCH3 is 1. The minimum Gasteiger partial charge on any atom is -0.507 e. The Bertz CT molecular complexity index is 808. The second kappa shape index (κ2) is 5.36. The molecule has 1 aliphatic heterocycles. The van der Waals surface area contributed by atoms with Crippen LogP contribution in [0.15, 0.2) is 21.3 Å². The van der Waals surface area contributed by atoms with E-state index in [-0.39, 0.29) is 40.4 Å². The van der Waals surface area contributed by atoms with Crippen molar-refractivity contribution >= 4 is 16.9 Å². The van der Waals surface area contributed by atoms with Crippen molar-refractivity contribution in [3.8, 4) is 11.5 Å². The molecule has 1 unspecified atom stereocenters. The number of hydrogen-bond donors (Lipinski definition) is 2. The minimum absolute atomic E-state index is 0.0752. The zero-order valence-corrected chi connectivity index (χ0v) is 12.4. The number of carbonyl (C=O) groups is 1. The van der Waals surface area contributed by atoms with Crippen LogP contribution in [0.25, 0.3) is 11.0 Å². The van der Waals surface area contributed by atoms with Gasteiger partial charge in [0, 0.05) is 36.6 Å². The monoisotopic (exact) mass is 303 g/mol. The number of phenols is 1. The number of rotatable bonds is 2. The molecular formula is C16H17NO5. The van der Waals surface area contributed by atoms with Gasteiger partial charge in [-0.25, -0.2) is 0 Å². The van der Waals surface area contributed by atoms with Crippen LogP contribution in [0.4, 0.5) is 0 Å². The van der Waals surface area contributed by atoms with Crippen LogP contribution in [-0.4, -0.2) is 24.7 Å². The van der Waals surface area contributed by atoms with Crippen molar-refractivity contribution in [2.45, 2.75) is 25.7 Å². The topological polar surface area (TPSA) is 88.8 Å². The first kappa shape index (κ1) is 14.4. The Morgan fingerprint density at radius 3 is 2.82 bits per heavy atom. The summed E-state index contributed by atoms with van der Waals surface area (Å²) in [5.74, 6) is 0.479. The average molecular weight is 303 g/mol. The zero-order valence-electron chi connectivity index (χ0n) is 12.4. The van der Waals surface area contributed by atoms with Crippen molar-refractivity contribution in [1.29, 1.82) is 0 Å². The number of ether oxygens (including phenoxy) is 1. The Hall–Kier alpha value is -2.50. The van der Waals surface area contributed by atoms with Crippen LogP contribution in [0.5, 0.6) is 11.5 Å². The molecule has 1 aromatic heterocycles. The Labute approximate surface area is 126 Å². The van der Waals surface area contributed by atoms with E-state index in [1.807, 2.05) is 0 Å². The first-order chi connectivity index (χ1) is 10.5. The molecule has 0 saturated carbocycles. The van der Waals surface area contributed by atoms with E-state index in [1.54, 1.807) is 13.0 Å². The lowest BCUT2D eigenvalue weighted by molar-refractivity contribution is -0.122. The van der Waals surface area contributed by atoms with Gasteiger partial charge >= 0.3 is 0 Å². The van der Waals surface area contributed by atoms with Crippen LogP contribution >= 0.6 is 0 Å². The van der Waals surface area contributed by atoms with Crippen molar-refractivity contribution in [2.24, 2.45) is 0 Å². The third kappa shape index (κ3) is 2.30. The van der Waals surface area contributed by atoms with Gasteiger partial charge in [0.15, 0.2) is 5.43 Å². The maximum atomic E-state index is 12.2. The second-order valence-corrected chi connectivity index (χ2v) is 5.48. The third-order valence-electron chi connectivity index (χ3n) is 3.99. The highest BCUT2D eigenvalue weighted by Crippen LogP contribution is 2.42. The molecule has 6 heteroatoms. The molecule has 116 valence electrons. The highest BCUT2D eigenvalue weighted by Gasteiger charge is 2.28. The van der Waals surface area contributed by atoms with Crippen LogP contribution in [0, 0.1) is 6.92 Å². The summed E-state index contributed by atoms with van der Waals surface area (Å²) in [5, 5.41) is 13.5. The molecular weight excluding hydrogens is 286 g/mol. The van der Waals surface area contributed by atoms with E-state index in [0.29, 0.717) is 30.0 Å². The molecule has 3 rings (SSSR count). The predicted molar refractivity (Wildman–Crippen MR) is 80.4 cm³/mol. The highest BCUT2D eigenvalue weighted by molar-refractivity contribution is 5.88. The SMILES string of the molecule is COc1cc2oc(C)cc(=O)c2c(O)c1C1CCNC(=O)C1. The van der Waals surface area contributed by atoms with E-state index in [9.17, 15) is 14.7 Å². The first-order valence-corrected chi connectivity index (χ1v) is 7.12. The second-order valence-electron chi connectivity index (χ2n) is 5.48. The predicted octanol–water partition coefficient (Wildman–Crippen LogP) is 1.81. The van der Waals surface area contributed by atoms with Gasteiger partial charge in [-0.3, -0.25) is 9.59 Å². The summed E-state index contributed by atoms with van der Waals surface area (Å²) in [7, 11) is 1.49. The molecule has 0 bridgehead atoms. The maximum absolute atomic E-state index is 12.2. The molecule has 0 spiro atoms. The molecule has 2 heterocycles. The number of piperidine rings is 1. The van der Waals surface area contributed by atoms with Gasteiger partial charge in [-0.1, -0.05) is 0 Å². The number of benzene rings is 1. The largest absolute Gasteiger partial charge is 0.507 e. The summed E-state index contributed by atoms with van der Waals surface area (Å²) in [6, 6.07) is 2.94. The number of fused-ring (bicyclic) bond motifs is 1. The van der Waals surface area contributed by atoms with Crippen LogP contribution in [0.1, 0.15) is 30.1 Å². The molecule has 22 heavy (non-hydrogen) atoms. The average Bonchev–Trinajstić information content (AvgIpc) is 2.45. The summed E-state index contributed by atoms with van der Waals surface area (Å²) < 4.78 is 10.9. The van der Waals surface area contributed by atoms with E-state index in [4.69, 9.17) is 9.15 Å². The molecule has 0 aliphatic carbocycles. The number of carbonyl (C=O) groups excluding carboxylic acids is 1. The van der Waals surface area contributed by atoms with Gasteiger partial charge < -0.3 is 19.6 Å². The van der Waals surface area contributed by atoms with Crippen LogP contribution < -0.4 is 15.5 Å². The zero-order chi connectivity index (χ0) is 15.9. The third-order valence-corrected chi connectivity index (χ3v) is 3.99. The van der Waals surface area contributed by atoms with E-state index in [2.05, 4.69) is 5.32 Å². The Balaban J connectivity index is 2.27. The first-order valence-electron chi connectivity index (χ1n) is 7.12. The van der Waals surface area contributed by atoms with Crippen molar-refractivity contribution in [3.63, 3.8) is 0 Å². The van der Waals surface area contributed by atoms with E-state index >= 15 is 0 Å². The Morgan fingerprint density at radius 2 is 2.14 bits per heavy atom. The summed E-state index contributed by atoms with van der Waals surface area (Å²) in [5.41, 5.74) is 0.477. The van der Waals surface area contributed by atoms with Crippen LogP contribution in [0.3, 0.4) is 0 Å².